The van der Waals surface area contributed by atoms with Gasteiger partial charge in [-0.1, -0.05) is 30.3 Å². The van der Waals surface area contributed by atoms with E-state index >= 15 is 0 Å². The van der Waals surface area contributed by atoms with Crippen LogP contribution in [0.3, 0.4) is 0 Å². The van der Waals surface area contributed by atoms with E-state index in [0.717, 1.165) is 0 Å². The van der Waals surface area contributed by atoms with Crippen LogP contribution in [-0.4, -0.2) is 26.4 Å². The highest BCUT2D eigenvalue weighted by atomic mass is 32.1. The predicted octanol–water partition coefficient (Wildman–Crippen LogP) is 4.14. The number of carboxylic acid groups (broad SMARTS) is 1. The third-order valence-electron chi connectivity index (χ3n) is 4.62. The Kier molecular flexibility index (Phi) is 6.22. The summed E-state index contributed by atoms with van der Waals surface area (Å²) in [7, 11) is 0. The zero-order chi connectivity index (χ0) is 23.8. The van der Waals surface area contributed by atoms with Crippen molar-refractivity contribution in [3.8, 4) is 0 Å². The van der Waals surface area contributed by atoms with Crippen molar-refractivity contribution >= 4 is 27.5 Å². The first-order valence-corrected chi connectivity index (χ1v) is 9.84. The number of aromatic carboxylic acids is 1. The minimum atomic E-state index is -5.28. The van der Waals surface area contributed by atoms with E-state index in [2.05, 4.69) is 0 Å². The molecular weight excluding hydrogens is 466 g/mol. The van der Waals surface area contributed by atoms with Gasteiger partial charge in [0.2, 0.25) is 0 Å². The molecule has 0 unspecified atom stereocenters. The summed E-state index contributed by atoms with van der Waals surface area (Å²) in [5, 5.41) is 8.07. The molecule has 0 amide bonds. The van der Waals surface area contributed by atoms with Crippen LogP contribution in [0.4, 0.5) is 26.3 Å². The van der Waals surface area contributed by atoms with E-state index in [1.54, 1.807) is 30.3 Å². The highest BCUT2D eigenvalue weighted by Gasteiger charge is 2.42. The van der Waals surface area contributed by atoms with E-state index < -0.39 is 69.7 Å². The molecule has 32 heavy (non-hydrogen) atoms. The summed E-state index contributed by atoms with van der Waals surface area (Å²) in [6.07, 6.45) is -11.5. The average Bonchev–Trinajstić information content (AvgIpc) is 3.09. The molecule has 0 radical (unpaired) electrons. The topological polar surface area (TPSA) is 81.3 Å². The molecule has 6 nitrogen and oxygen atoms in total. The van der Waals surface area contributed by atoms with E-state index in [0.29, 0.717) is 14.7 Å². The molecule has 0 atom stereocenters. The number of rotatable bonds is 6. The first-order chi connectivity index (χ1) is 14.8. The van der Waals surface area contributed by atoms with Crippen molar-refractivity contribution in [2.75, 3.05) is 0 Å². The molecule has 0 aliphatic carbocycles. The maximum Gasteiger partial charge on any atom is 0.418 e. The van der Waals surface area contributed by atoms with Gasteiger partial charge >= 0.3 is 24.0 Å². The maximum atomic E-state index is 13.7. The summed E-state index contributed by atoms with van der Waals surface area (Å²) < 4.78 is 80.1. The van der Waals surface area contributed by atoms with Gasteiger partial charge in [-0.2, -0.15) is 26.3 Å². The van der Waals surface area contributed by atoms with Crippen molar-refractivity contribution in [2.24, 2.45) is 0 Å². The fourth-order valence-corrected chi connectivity index (χ4v) is 4.37. The Morgan fingerprint density at radius 1 is 0.969 bits per heavy atom. The number of alkyl halides is 6. The highest BCUT2D eigenvalue weighted by molar-refractivity contribution is 7.20. The molecule has 0 aliphatic rings. The molecule has 0 saturated carbocycles. The largest absolute Gasteiger partial charge is 0.477 e. The zero-order valence-electron chi connectivity index (χ0n) is 16.0. The van der Waals surface area contributed by atoms with Crippen molar-refractivity contribution in [1.29, 1.82) is 0 Å². The number of carbonyl (C=O) groups is 1. The summed E-state index contributed by atoms with van der Waals surface area (Å²) >= 11 is -0.0497. The smallest absolute Gasteiger partial charge is 0.418 e. The lowest BCUT2D eigenvalue weighted by Gasteiger charge is -2.14. The van der Waals surface area contributed by atoms with Crippen LogP contribution in [-0.2, 0) is 25.7 Å². The van der Waals surface area contributed by atoms with Crippen LogP contribution in [0, 0.1) is 0 Å². The minimum absolute atomic E-state index is 0.0397. The van der Waals surface area contributed by atoms with Gasteiger partial charge in [-0.15, -0.1) is 11.3 Å². The van der Waals surface area contributed by atoms with Crippen LogP contribution >= 0.6 is 11.3 Å². The summed E-state index contributed by atoms with van der Waals surface area (Å²) in [5.41, 5.74) is -3.78. The minimum Gasteiger partial charge on any atom is -0.477 e. The Balaban J connectivity index is 2.30. The molecule has 0 saturated heterocycles. The van der Waals surface area contributed by atoms with Crippen molar-refractivity contribution in [3.05, 3.63) is 67.2 Å². The number of hydrogen-bond acceptors (Lipinski definition) is 4. The van der Waals surface area contributed by atoms with Gasteiger partial charge in [-0.3, -0.25) is 13.9 Å². The number of aryl methyl sites for hydroxylation is 2. The Morgan fingerprint density at radius 3 is 2.12 bits per heavy atom. The molecule has 0 aliphatic heterocycles. The molecule has 2 aromatic heterocycles. The van der Waals surface area contributed by atoms with Gasteiger partial charge in [0.05, 0.1) is 17.4 Å². The van der Waals surface area contributed by atoms with E-state index in [1.807, 2.05) is 0 Å². The standard InChI is InChI=1S/C19H14F6N2O4S/c20-18(21,22)7-9-27-15-11(12(19(23,24)25)13(32-15)16(29)30)14(28)26(17(27)31)8-6-10-4-2-1-3-5-10/h1-5H,6-9H2,(H,29,30). The van der Waals surface area contributed by atoms with Crippen LogP contribution in [0.25, 0.3) is 10.2 Å². The van der Waals surface area contributed by atoms with Gasteiger partial charge in [0.15, 0.2) is 0 Å². The zero-order valence-corrected chi connectivity index (χ0v) is 16.8. The molecule has 13 heteroatoms. The molecule has 1 aromatic carbocycles. The van der Waals surface area contributed by atoms with Gasteiger partial charge in [0.1, 0.15) is 9.71 Å². The first kappa shape index (κ1) is 23.6. The summed E-state index contributed by atoms with van der Waals surface area (Å²) in [5.74, 6) is -2.01. The Hall–Kier alpha value is -3.09. The summed E-state index contributed by atoms with van der Waals surface area (Å²) in [4.78, 5) is 35.0. The van der Waals surface area contributed by atoms with Crippen molar-refractivity contribution in [3.63, 3.8) is 0 Å². The third kappa shape index (κ3) is 4.71. The number of thiophene rings is 1. The molecule has 3 rings (SSSR count). The van der Waals surface area contributed by atoms with E-state index in [4.69, 9.17) is 0 Å². The number of aromatic nitrogens is 2. The monoisotopic (exact) mass is 480 g/mol. The second-order valence-electron chi connectivity index (χ2n) is 6.78. The van der Waals surface area contributed by atoms with E-state index in [-0.39, 0.29) is 17.8 Å². The predicted molar refractivity (Wildman–Crippen MR) is 103 cm³/mol. The van der Waals surface area contributed by atoms with Crippen LogP contribution in [0.2, 0.25) is 0 Å². The Bertz CT molecular complexity index is 1270. The second-order valence-corrected chi connectivity index (χ2v) is 7.78. The van der Waals surface area contributed by atoms with Gasteiger partial charge < -0.3 is 5.11 Å². The Labute approximate surface area is 178 Å². The number of halogens is 6. The molecule has 2 heterocycles. The van der Waals surface area contributed by atoms with Gasteiger partial charge in [0, 0.05) is 13.1 Å². The molecule has 3 aromatic rings. The quantitative estimate of drug-likeness (QED) is 0.538. The third-order valence-corrected chi connectivity index (χ3v) is 5.82. The number of carboxylic acids is 1. The molecule has 0 bridgehead atoms. The fourth-order valence-electron chi connectivity index (χ4n) is 3.20. The SMILES string of the molecule is O=C(O)c1sc2c(c1C(F)(F)F)c(=O)n(CCc1ccccc1)c(=O)n2CCC(F)(F)F. The molecule has 1 N–H and O–H groups in total. The molecule has 0 fully saturated rings. The van der Waals surface area contributed by atoms with Gasteiger partial charge in [-0.25, -0.2) is 9.59 Å². The molecule has 0 spiro atoms. The lowest BCUT2D eigenvalue weighted by molar-refractivity contribution is -0.137. The average molecular weight is 480 g/mol. The Morgan fingerprint density at radius 2 is 1.59 bits per heavy atom. The number of benzene rings is 1. The fraction of sp³-hybridized carbons (Fsp3) is 0.316. The van der Waals surface area contributed by atoms with Gasteiger partial charge in [0.25, 0.3) is 5.56 Å². The van der Waals surface area contributed by atoms with Crippen molar-refractivity contribution in [1.82, 2.24) is 9.13 Å². The summed E-state index contributed by atoms with van der Waals surface area (Å²) in [6, 6.07) is 8.28. The van der Waals surface area contributed by atoms with Crippen LogP contribution in [0.5, 0.6) is 0 Å². The second kappa shape index (κ2) is 8.45. The first-order valence-electron chi connectivity index (χ1n) is 9.02. The van der Waals surface area contributed by atoms with Crippen LogP contribution in [0.1, 0.15) is 27.2 Å². The number of nitrogens with zero attached hydrogens (tertiary/aromatic N) is 2. The van der Waals surface area contributed by atoms with E-state index in [9.17, 15) is 45.8 Å². The normalized spacial score (nSPS) is 12.4. The number of hydrogen-bond donors (Lipinski definition) is 1. The molecular formula is C19H14F6N2O4S. The van der Waals surface area contributed by atoms with Crippen LogP contribution < -0.4 is 11.2 Å². The van der Waals surface area contributed by atoms with E-state index in [1.165, 1.54) is 0 Å². The van der Waals surface area contributed by atoms with Crippen LogP contribution in [0.15, 0.2) is 39.9 Å². The maximum absolute atomic E-state index is 13.7. The summed E-state index contributed by atoms with van der Waals surface area (Å²) in [6.45, 7) is -1.47. The highest BCUT2D eigenvalue weighted by Crippen LogP contribution is 2.40. The molecule has 172 valence electrons. The van der Waals surface area contributed by atoms with Gasteiger partial charge in [-0.05, 0) is 12.0 Å². The van der Waals surface area contributed by atoms with Crippen molar-refractivity contribution < 1.29 is 36.2 Å². The number of fused-ring (bicyclic) bond motifs is 1. The van der Waals surface area contributed by atoms with Crippen molar-refractivity contribution in [2.45, 2.75) is 38.3 Å². The lowest BCUT2D eigenvalue weighted by atomic mass is 10.1. The lowest BCUT2D eigenvalue weighted by Crippen LogP contribution is -2.41.